The average Bonchev–Trinajstić information content (AvgIpc) is 2.88. The molecule has 1 saturated carbocycles. The summed E-state index contributed by atoms with van der Waals surface area (Å²) in [5.41, 5.74) is 3.33. The van der Waals surface area contributed by atoms with E-state index >= 15 is 0 Å². The van der Waals surface area contributed by atoms with Gasteiger partial charge in [0.25, 0.3) is 0 Å². The van der Waals surface area contributed by atoms with Gasteiger partial charge in [0.05, 0.1) is 6.54 Å². The Morgan fingerprint density at radius 2 is 2.33 bits per heavy atom. The Labute approximate surface area is 141 Å². The number of hydrogen-bond donors (Lipinski definition) is 2. The fourth-order valence-corrected chi connectivity index (χ4v) is 4.14. The zero-order chi connectivity index (χ0) is 16.6. The lowest BCUT2D eigenvalue weighted by molar-refractivity contribution is 0.235. The monoisotopic (exact) mass is 325 g/mol. The number of nitrogens with zero attached hydrogens (tertiary/aromatic N) is 3. The van der Waals surface area contributed by atoms with Crippen molar-refractivity contribution in [2.45, 2.75) is 44.2 Å². The van der Waals surface area contributed by atoms with E-state index < -0.39 is 0 Å². The summed E-state index contributed by atoms with van der Waals surface area (Å²) in [5, 5.41) is 10.1. The third-order valence-electron chi connectivity index (χ3n) is 5.44. The van der Waals surface area contributed by atoms with Crippen LogP contribution >= 0.6 is 0 Å². The summed E-state index contributed by atoms with van der Waals surface area (Å²) in [7, 11) is 0. The fraction of sp³-hybridized carbons (Fsp3) is 0.500. The Bertz CT molecular complexity index is 729. The largest absolute Gasteiger partial charge is 0.338 e. The standard InChI is InChI=1S/C18H23N5O/c1-13(10-23-12-19-11-21-23)22-17(24)20-9-15-8-18(15)7-6-14-4-2-3-5-16(14)18/h2-5,11-13,15H,6-10H2,1H3,(H2,20,22,24)/t13-,15+,18+/m1/s1. The first-order valence-corrected chi connectivity index (χ1v) is 8.62. The minimum atomic E-state index is -0.101. The van der Waals surface area contributed by atoms with Crippen LogP contribution in [0.2, 0.25) is 0 Å². The topological polar surface area (TPSA) is 71.8 Å². The van der Waals surface area contributed by atoms with E-state index in [4.69, 9.17) is 0 Å². The number of carbonyl (C=O) groups is 1. The number of hydrogen-bond acceptors (Lipinski definition) is 3. The van der Waals surface area contributed by atoms with Crippen LogP contribution in [-0.4, -0.2) is 33.4 Å². The predicted molar refractivity (Wildman–Crippen MR) is 90.6 cm³/mol. The number of nitrogens with one attached hydrogen (secondary N) is 2. The summed E-state index contributed by atoms with van der Waals surface area (Å²) in [6.07, 6.45) is 6.75. The maximum Gasteiger partial charge on any atom is 0.315 e. The molecule has 0 bridgehead atoms. The number of aromatic nitrogens is 3. The van der Waals surface area contributed by atoms with Gasteiger partial charge in [-0.1, -0.05) is 24.3 Å². The van der Waals surface area contributed by atoms with E-state index in [1.54, 1.807) is 11.0 Å². The lowest BCUT2D eigenvalue weighted by atomic mass is 9.95. The molecular weight excluding hydrogens is 302 g/mol. The molecule has 1 spiro atoms. The van der Waals surface area contributed by atoms with Gasteiger partial charge in [-0.15, -0.1) is 0 Å². The van der Waals surface area contributed by atoms with Crippen LogP contribution in [0.4, 0.5) is 4.79 Å². The summed E-state index contributed by atoms with van der Waals surface area (Å²) < 4.78 is 1.72. The molecule has 4 rings (SSSR count). The van der Waals surface area contributed by atoms with Crippen LogP contribution in [0.3, 0.4) is 0 Å². The van der Waals surface area contributed by atoms with Gasteiger partial charge in [0.1, 0.15) is 12.7 Å². The van der Waals surface area contributed by atoms with E-state index in [0.29, 0.717) is 17.9 Å². The number of amides is 2. The molecule has 2 aliphatic rings. The second-order valence-corrected chi connectivity index (χ2v) is 7.09. The maximum atomic E-state index is 12.1. The lowest BCUT2D eigenvalue weighted by Gasteiger charge is -2.15. The van der Waals surface area contributed by atoms with Crippen molar-refractivity contribution in [1.82, 2.24) is 25.4 Å². The number of aryl methyl sites for hydroxylation is 1. The number of benzene rings is 1. The second-order valence-electron chi connectivity index (χ2n) is 7.09. The van der Waals surface area contributed by atoms with Crippen LogP contribution in [0.25, 0.3) is 0 Å². The van der Waals surface area contributed by atoms with Crippen molar-refractivity contribution in [3.63, 3.8) is 0 Å². The van der Waals surface area contributed by atoms with Crippen molar-refractivity contribution < 1.29 is 4.79 Å². The van der Waals surface area contributed by atoms with Gasteiger partial charge < -0.3 is 10.6 Å². The molecule has 0 saturated heterocycles. The van der Waals surface area contributed by atoms with Crippen LogP contribution in [0.1, 0.15) is 30.9 Å². The Hall–Kier alpha value is -2.37. The third-order valence-corrected chi connectivity index (χ3v) is 5.44. The molecule has 3 atom stereocenters. The SMILES string of the molecule is C[C@H](Cn1cncn1)NC(=O)NC[C@@H]1C[C@@]12CCc1ccccc12. The number of fused-ring (bicyclic) bond motifs is 2. The molecule has 1 fully saturated rings. The van der Waals surface area contributed by atoms with Gasteiger partial charge in [-0.2, -0.15) is 5.10 Å². The Morgan fingerprint density at radius 3 is 3.17 bits per heavy atom. The van der Waals surface area contributed by atoms with Crippen LogP contribution in [0.5, 0.6) is 0 Å². The highest BCUT2D eigenvalue weighted by Crippen LogP contribution is 2.61. The summed E-state index contributed by atoms with van der Waals surface area (Å²) >= 11 is 0. The maximum absolute atomic E-state index is 12.1. The molecule has 0 aliphatic heterocycles. The highest BCUT2D eigenvalue weighted by Gasteiger charge is 2.57. The average molecular weight is 325 g/mol. The third kappa shape index (κ3) is 2.77. The first-order valence-electron chi connectivity index (χ1n) is 8.62. The van der Waals surface area contributed by atoms with Crippen LogP contribution in [0.15, 0.2) is 36.9 Å². The molecule has 2 N–H and O–H groups in total. The van der Waals surface area contributed by atoms with E-state index in [1.165, 1.54) is 36.7 Å². The second kappa shape index (κ2) is 5.92. The van der Waals surface area contributed by atoms with Crippen LogP contribution in [0, 0.1) is 5.92 Å². The van der Waals surface area contributed by atoms with E-state index in [2.05, 4.69) is 45.0 Å². The van der Waals surface area contributed by atoms with Crippen LogP contribution < -0.4 is 10.6 Å². The summed E-state index contributed by atoms with van der Waals surface area (Å²) in [4.78, 5) is 16.0. The molecule has 1 aromatic carbocycles. The zero-order valence-corrected chi connectivity index (χ0v) is 13.9. The van der Waals surface area contributed by atoms with Crippen molar-refractivity contribution in [3.05, 3.63) is 48.0 Å². The Morgan fingerprint density at radius 1 is 1.46 bits per heavy atom. The predicted octanol–water partition coefficient (Wildman–Crippen LogP) is 1.87. The number of rotatable bonds is 5. The smallest absolute Gasteiger partial charge is 0.315 e. The number of urea groups is 1. The quantitative estimate of drug-likeness (QED) is 0.881. The first kappa shape index (κ1) is 15.2. The first-order chi connectivity index (χ1) is 11.7. The van der Waals surface area contributed by atoms with E-state index in [9.17, 15) is 4.79 Å². The molecule has 0 radical (unpaired) electrons. The molecular formula is C18H23N5O. The molecule has 2 aromatic rings. The molecule has 1 heterocycles. The highest BCUT2D eigenvalue weighted by molar-refractivity contribution is 5.74. The molecule has 1 aromatic heterocycles. The normalized spacial score (nSPS) is 25.3. The minimum Gasteiger partial charge on any atom is -0.338 e. The van der Waals surface area contributed by atoms with Crippen molar-refractivity contribution in [3.8, 4) is 0 Å². The summed E-state index contributed by atoms with van der Waals surface area (Å²) in [6.45, 7) is 3.33. The summed E-state index contributed by atoms with van der Waals surface area (Å²) in [5.74, 6) is 0.567. The van der Waals surface area contributed by atoms with Crippen molar-refractivity contribution in [1.29, 1.82) is 0 Å². The Balaban J connectivity index is 1.26. The highest BCUT2D eigenvalue weighted by atomic mass is 16.2. The van der Waals surface area contributed by atoms with E-state index in [1.807, 2.05) is 6.92 Å². The van der Waals surface area contributed by atoms with E-state index in [-0.39, 0.29) is 12.1 Å². The summed E-state index contributed by atoms with van der Waals surface area (Å²) in [6, 6.07) is 8.67. The van der Waals surface area contributed by atoms with Gasteiger partial charge in [-0.25, -0.2) is 9.78 Å². The molecule has 6 heteroatoms. The number of carbonyl (C=O) groups excluding carboxylic acids is 1. The van der Waals surface area contributed by atoms with Crippen LogP contribution in [-0.2, 0) is 18.4 Å². The van der Waals surface area contributed by atoms with Gasteiger partial charge in [-0.3, -0.25) is 4.68 Å². The lowest BCUT2D eigenvalue weighted by Crippen LogP contribution is -2.43. The van der Waals surface area contributed by atoms with Gasteiger partial charge in [0, 0.05) is 18.0 Å². The van der Waals surface area contributed by atoms with Gasteiger partial charge in [0.15, 0.2) is 0 Å². The van der Waals surface area contributed by atoms with Gasteiger partial charge in [-0.05, 0) is 43.2 Å². The fourth-order valence-electron chi connectivity index (χ4n) is 4.14. The van der Waals surface area contributed by atoms with Gasteiger partial charge in [0.2, 0.25) is 0 Å². The van der Waals surface area contributed by atoms with Gasteiger partial charge >= 0.3 is 6.03 Å². The molecule has 2 aliphatic carbocycles. The minimum absolute atomic E-state index is 0.00655. The van der Waals surface area contributed by atoms with E-state index in [0.717, 1.165) is 6.54 Å². The molecule has 0 unspecified atom stereocenters. The Kier molecular flexibility index (Phi) is 3.75. The molecule has 6 nitrogen and oxygen atoms in total. The van der Waals surface area contributed by atoms with Crippen molar-refractivity contribution >= 4 is 6.03 Å². The van der Waals surface area contributed by atoms with Crippen molar-refractivity contribution in [2.24, 2.45) is 5.92 Å². The zero-order valence-electron chi connectivity index (χ0n) is 13.9. The molecule has 24 heavy (non-hydrogen) atoms. The molecule has 2 amide bonds. The molecule has 126 valence electrons. The van der Waals surface area contributed by atoms with Crippen molar-refractivity contribution in [2.75, 3.05) is 6.54 Å².